The minimum absolute atomic E-state index is 0.0514. The second-order valence-electron chi connectivity index (χ2n) is 8.77. The van der Waals surface area contributed by atoms with Gasteiger partial charge >= 0.3 is 5.97 Å². The van der Waals surface area contributed by atoms with Gasteiger partial charge in [0.2, 0.25) is 0 Å². The molecular weight excluding hydrogens is 545 g/mol. The van der Waals surface area contributed by atoms with Crippen molar-refractivity contribution in [2.45, 2.75) is 38.5 Å². The summed E-state index contributed by atoms with van der Waals surface area (Å²) in [5, 5.41) is 3.35. The molecule has 0 unspecified atom stereocenters. The molecule has 0 bridgehead atoms. The number of thioether (sulfide) groups is 1. The number of para-hydroxylation sites is 1. The molecule has 36 heavy (non-hydrogen) atoms. The SMILES string of the molecule is CCSCCOC(=O)C1=C(C)NC2=C(C(=O)C[C@@H](c3ccccc3OC)C2)[C@@H]1c1ccc(F)c(Br)c1. The Kier molecular flexibility index (Phi) is 8.57. The molecule has 0 saturated carbocycles. The minimum Gasteiger partial charge on any atom is -0.496 e. The van der Waals surface area contributed by atoms with Gasteiger partial charge in [-0.2, -0.15) is 11.8 Å². The quantitative estimate of drug-likeness (QED) is 0.297. The van der Waals surface area contributed by atoms with E-state index < -0.39 is 17.7 Å². The highest BCUT2D eigenvalue weighted by atomic mass is 79.9. The Labute approximate surface area is 223 Å². The van der Waals surface area contributed by atoms with Crippen LogP contribution in [-0.4, -0.2) is 37.0 Å². The first kappa shape index (κ1) is 26.5. The van der Waals surface area contributed by atoms with Gasteiger partial charge in [-0.3, -0.25) is 4.79 Å². The molecule has 2 aromatic rings. The van der Waals surface area contributed by atoms with E-state index in [0.29, 0.717) is 34.6 Å². The third-order valence-electron chi connectivity index (χ3n) is 6.57. The summed E-state index contributed by atoms with van der Waals surface area (Å²) in [6.07, 6.45) is 0.876. The molecule has 8 heteroatoms. The number of hydrogen-bond donors (Lipinski definition) is 1. The van der Waals surface area contributed by atoms with Gasteiger partial charge < -0.3 is 14.8 Å². The maximum atomic E-state index is 14.1. The van der Waals surface area contributed by atoms with Crippen molar-refractivity contribution in [1.29, 1.82) is 0 Å². The third-order valence-corrected chi connectivity index (χ3v) is 8.04. The number of dihydropyridines is 1. The zero-order valence-electron chi connectivity index (χ0n) is 20.5. The number of Topliss-reactive ketones (excluding diaryl/α,β-unsaturated/α-hetero) is 1. The number of ketones is 1. The number of rotatable bonds is 8. The van der Waals surface area contributed by atoms with E-state index >= 15 is 0 Å². The van der Waals surface area contributed by atoms with E-state index in [1.54, 1.807) is 31.0 Å². The normalized spacial score (nSPS) is 19.6. The van der Waals surface area contributed by atoms with Crippen molar-refractivity contribution in [2.24, 2.45) is 0 Å². The molecule has 0 aromatic heterocycles. The van der Waals surface area contributed by atoms with Gasteiger partial charge in [0.25, 0.3) is 0 Å². The van der Waals surface area contributed by atoms with E-state index in [0.717, 1.165) is 22.8 Å². The summed E-state index contributed by atoms with van der Waals surface area (Å²) >= 11 is 4.95. The highest BCUT2D eigenvalue weighted by Gasteiger charge is 2.42. The molecule has 1 aliphatic heterocycles. The standard InChI is InChI=1S/C28H29BrFNO4S/c1-4-36-12-11-35-28(33)25-16(2)31-22-14-18(19-7-5-6-8-24(19)34-3)15-23(32)27(22)26(25)17-9-10-21(30)20(29)13-17/h5-10,13,18,26,31H,4,11-12,14-15H2,1-3H3/t18-,26+/m0/s1. The maximum Gasteiger partial charge on any atom is 0.336 e. The average Bonchev–Trinajstić information content (AvgIpc) is 2.87. The van der Waals surface area contributed by atoms with Crippen LogP contribution in [0.25, 0.3) is 0 Å². The number of methoxy groups -OCH3 is 1. The number of hydrogen-bond acceptors (Lipinski definition) is 6. The summed E-state index contributed by atoms with van der Waals surface area (Å²) in [5.41, 5.74) is 3.99. The molecule has 0 amide bonds. The van der Waals surface area contributed by atoms with Crippen molar-refractivity contribution in [1.82, 2.24) is 5.32 Å². The van der Waals surface area contributed by atoms with Crippen LogP contribution in [-0.2, 0) is 14.3 Å². The topological polar surface area (TPSA) is 64.6 Å². The number of carbonyl (C=O) groups is 2. The molecule has 1 N–H and O–H groups in total. The second-order valence-corrected chi connectivity index (χ2v) is 11.0. The van der Waals surface area contributed by atoms with Gasteiger partial charge in [-0.15, -0.1) is 0 Å². The molecule has 4 rings (SSSR count). The summed E-state index contributed by atoms with van der Waals surface area (Å²) in [7, 11) is 1.62. The van der Waals surface area contributed by atoms with Gasteiger partial charge in [0.1, 0.15) is 18.2 Å². The van der Waals surface area contributed by atoms with Crippen LogP contribution in [0.1, 0.15) is 49.7 Å². The number of ether oxygens (including phenoxy) is 2. The van der Waals surface area contributed by atoms with Gasteiger partial charge in [-0.25, -0.2) is 9.18 Å². The van der Waals surface area contributed by atoms with E-state index in [1.165, 1.54) is 6.07 Å². The first-order valence-electron chi connectivity index (χ1n) is 11.9. The Bertz CT molecular complexity index is 1240. The monoisotopic (exact) mass is 573 g/mol. The highest BCUT2D eigenvalue weighted by Crippen LogP contribution is 2.47. The minimum atomic E-state index is -0.643. The zero-order chi connectivity index (χ0) is 25.8. The lowest BCUT2D eigenvalue weighted by atomic mass is 9.71. The lowest BCUT2D eigenvalue weighted by Gasteiger charge is -2.37. The van der Waals surface area contributed by atoms with Crippen molar-refractivity contribution < 1.29 is 23.5 Å². The number of esters is 1. The lowest BCUT2D eigenvalue weighted by Crippen LogP contribution is -2.36. The predicted molar refractivity (Wildman–Crippen MR) is 144 cm³/mol. The smallest absolute Gasteiger partial charge is 0.336 e. The van der Waals surface area contributed by atoms with Crippen LogP contribution in [0, 0.1) is 5.82 Å². The van der Waals surface area contributed by atoms with Crippen LogP contribution in [0.3, 0.4) is 0 Å². The number of allylic oxidation sites excluding steroid dienone is 3. The molecule has 1 heterocycles. The maximum absolute atomic E-state index is 14.1. The predicted octanol–water partition coefficient (Wildman–Crippen LogP) is 6.25. The summed E-state index contributed by atoms with van der Waals surface area (Å²) in [6, 6.07) is 12.4. The fourth-order valence-electron chi connectivity index (χ4n) is 4.97. The Hall–Kier alpha value is -2.58. The van der Waals surface area contributed by atoms with Crippen molar-refractivity contribution in [3.63, 3.8) is 0 Å². The molecule has 2 aliphatic rings. The molecule has 2 atom stereocenters. The van der Waals surface area contributed by atoms with Gasteiger partial charge in [-0.05, 0) is 64.4 Å². The van der Waals surface area contributed by atoms with Crippen LogP contribution in [0.2, 0.25) is 0 Å². The summed E-state index contributed by atoms with van der Waals surface area (Å²) in [5.74, 6) is 0.749. The molecule has 1 aliphatic carbocycles. The van der Waals surface area contributed by atoms with Crippen LogP contribution < -0.4 is 10.1 Å². The Morgan fingerprint density at radius 2 is 2.00 bits per heavy atom. The van der Waals surface area contributed by atoms with E-state index in [1.807, 2.05) is 38.1 Å². The van der Waals surface area contributed by atoms with Gasteiger partial charge in [-0.1, -0.05) is 31.2 Å². The number of carbonyl (C=O) groups excluding carboxylic acids is 2. The van der Waals surface area contributed by atoms with Crippen LogP contribution >= 0.6 is 27.7 Å². The molecule has 0 spiro atoms. The van der Waals surface area contributed by atoms with Crippen LogP contribution in [0.15, 0.2) is 69.5 Å². The van der Waals surface area contributed by atoms with E-state index in [4.69, 9.17) is 9.47 Å². The highest BCUT2D eigenvalue weighted by molar-refractivity contribution is 9.10. The van der Waals surface area contributed by atoms with Crippen LogP contribution in [0.5, 0.6) is 5.75 Å². The van der Waals surface area contributed by atoms with Crippen molar-refractivity contribution in [3.05, 3.63) is 86.4 Å². The molecule has 0 saturated heterocycles. The van der Waals surface area contributed by atoms with Gasteiger partial charge in [0, 0.05) is 41.0 Å². The molecule has 0 fully saturated rings. The first-order chi connectivity index (χ1) is 17.3. The molecule has 5 nitrogen and oxygen atoms in total. The van der Waals surface area contributed by atoms with E-state index in [-0.39, 0.29) is 29.2 Å². The number of benzene rings is 2. The van der Waals surface area contributed by atoms with Crippen molar-refractivity contribution in [2.75, 3.05) is 25.2 Å². The van der Waals surface area contributed by atoms with Gasteiger partial charge in [0.05, 0.1) is 17.2 Å². The molecule has 0 radical (unpaired) electrons. The summed E-state index contributed by atoms with van der Waals surface area (Å²) < 4.78 is 25.5. The van der Waals surface area contributed by atoms with E-state index in [2.05, 4.69) is 21.2 Å². The fourth-order valence-corrected chi connectivity index (χ4v) is 5.86. The largest absolute Gasteiger partial charge is 0.496 e. The average molecular weight is 575 g/mol. The third kappa shape index (κ3) is 5.39. The molecular formula is C28H29BrFNO4S. The summed E-state index contributed by atoms with van der Waals surface area (Å²) in [4.78, 5) is 27.0. The van der Waals surface area contributed by atoms with Crippen molar-refractivity contribution in [3.8, 4) is 5.75 Å². The Morgan fingerprint density at radius 3 is 2.72 bits per heavy atom. The zero-order valence-corrected chi connectivity index (χ0v) is 22.9. The van der Waals surface area contributed by atoms with E-state index in [9.17, 15) is 14.0 Å². The molecule has 2 aromatic carbocycles. The Balaban J connectivity index is 1.75. The first-order valence-corrected chi connectivity index (χ1v) is 13.9. The second kappa shape index (κ2) is 11.6. The number of nitrogens with one attached hydrogen (secondary N) is 1. The number of halogens is 2. The fraction of sp³-hybridized carbons (Fsp3) is 0.357. The van der Waals surface area contributed by atoms with Crippen LogP contribution in [0.4, 0.5) is 4.39 Å². The summed E-state index contributed by atoms with van der Waals surface area (Å²) in [6.45, 7) is 4.15. The van der Waals surface area contributed by atoms with Crippen molar-refractivity contribution >= 4 is 39.4 Å². The Morgan fingerprint density at radius 1 is 1.22 bits per heavy atom. The molecule has 190 valence electrons. The lowest BCUT2D eigenvalue weighted by molar-refractivity contribution is -0.138. The van der Waals surface area contributed by atoms with Gasteiger partial charge in [0.15, 0.2) is 5.78 Å².